The molecule has 0 aliphatic rings. The van der Waals surface area contributed by atoms with Crippen LogP contribution in [-0.2, 0) is 4.79 Å². The lowest BCUT2D eigenvalue weighted by Gasteiger charge is -2.15. The third-order valence-corrected chi connectivity index (χ3v) is 4.33. The molecule has 0 spiro atoms. The molecule has 1 amide bonds. The molecule has 6 heteroatoms. The molecular formula is C17H17NO4S. The Balaban J connectivity index is 2.10. The number of hydrogen-bond donors (Lipinski definition) is 2. The van der Waals surface area contributed by atoms with Crippen molar-refractivity contribution >= 4 is 29.3 Å². The van der Waals surface area contributed by atoms with E-state index in [1.54, 1.807) is 43.3 Å². The van der Waals surface area contributed by atoms with Crippen LogP contribution in [0.4, 0.5) is 5.69 Å². The van der Waals surface area contributed by atoms with Gasteiger partial charge in [0.2, 0.25) is 5.91 Å². The molecule has 1 atom stereocenters. The average molecular weight is 331 g/mol. The van der Waals surface area contributed by atoms with E-state index < -0.39 is 11.2 Å². The first-order chi connectivity index (χ1) is 11.0. The van der Waals surface area contributed by atoms with Gasteiger partial charge in [0.05, 0.1) is 23.6 Å². The van der Waals surface area contributed by atoms with E-state index in [0.717, 1.165) is 0 Å². The molecule has 0 aromatic heterocycles. The number of carboxylic acid groups (broad SMARTS) is 1. The zero-order chi connectivity index (χ0) is 16.8. The molecule has 0 saturated heterocycles. The lowest BCUT2D eigenvalue weighted by Crippen LogP contribution is -2.23. The third-order valence-electron chi connectivity index (χ3n) is 3.16. The van der Waals surface area contributed by atoms with Crippen LogP contribution < -0.4 is 10.1 Å². The van der Waals surface area contributed by atoms with Crippen molar-refractivity contribution in [3.8, 4) is 5.75 Å². The molecule has 2 aromatic carbocycles. The van der Waals surface area contributed by atoms with Gasteiger partial charge in [-0.2, -0.15) is 0 Å². The quantitative estimate of drug-likeness (QED) is 0.792. The van der Waals surface area contributed by atoms with E-state index in [9.17, 15) is 14.7 Å². The molecule has 0 bridgehead atoms. The topological polar surface area (TPSA) is 75.6 Å². The van der Waals surface area contributed by atoms with Gasteiger partial charge in [0.15, 0.2) is 0 Å². The van der Waals surface area contributed by atoms with Crippen molar-refractivity contribution in [3.63, 3.8) is 0 Å². The van der Waals surface area contributed by atoms with Gasteiger partial charge in [0, 0.05) is 4.90 Å². The Kier molecular flexibility index (Phi) is 5.65. The number of anilines is 1. The number of hydrogen-bond acceptors (Lipinski definition) is 4. The number of rotatable bonds is 6. The summed E-state index contributed by atoms with van der Waals surface area (Å²) in [7, 11) is 1.53. The number of benzene rings is 2. The predicted molar refractivity (Wildman–Crippen MR) is 90.3 cm³/mol. The molecule has 0 unspecified atom stereocenters. The van der Waals surface area contributed by atoms with Gasteiger partial charge < -0.3 is 15.2 Å². The Hall–Kier alpha value is -2.47. The normalized spacial score (nSPS) is 11.6. The largest absolute Gasteiger partial charge is 0.495 e. The number of aromatic carboxylic acids is 1. The first-order valence-corrected chi connectivity index (χ1v) is 7.83. The van der Waals surface area contributed by atoms with Gasteiger partial charge in [-0.25, -0.2) is 4.79 Å². The number of para-hydroxylation sites is 2. The second-order valence-corrected chi connectivity index (χ2v) is 6.13. The van der Waals surface area contributed by atoms with E-state index in [1.807, 2.05) is 6.07 Å². The Morgan fingerprint density at radius 2 is 1.78 bits per heavy atom. The maximum absolute atomic E-state index is 12.3. The fraction of sp³-hybridized carbons (Fsp3) is 0.176. The fourth-order valence-electron chi connectivity index (χ4n) is 1.97. The Bertz CT molecular complexity index is 717. The van der Waals surface area contributed by atoms with E-state index >= 15 is 0 Å². The van der Waals surface area contributed by atoms with Gasteiger partial charge >= 0.3 is 5.97 Å². The van der Waals surface area contributed by atoms with Crippen LogP contribution in [0.3, 0.4) is 0 Å². The van der Waals surface area contributed by atoms with Crippen molar-refractivity contribution in [2.24, 2.45) is 0 Å². The first-order valence-electron chi connectivity index (χ1n) is 6.95. The average Bonchev–Trinajstić information content (AvgIpc) is 2.55. The number of nitrogens with one attached hydrogen (secondary N) is 1. The molecule has 0 saturated carbocycles. The van der Waals surface area contributed by atoms with Crippen LogP contribution in [0.2, 0.25) is 0 Å². The van der Waals surface area contributed by atoms with Crippen molar-refractivity contribution in [2.75, 3.05) is 12.4 Å². The standard InChI is InChI=1S/C17H17NO4S/c1-11(23-15-10-6-3-7-12(15)17(20)21)16(19)18-13-8-4-5-9-14(13)22-2/h3-11H,1-2H3,(H,18,19)(H,20,21)/t11-/m0/s1. The monoisotopic (exact) mass is 331 g/mol. The minimum Gasteiger partial charge on any atom is -0.495 e. The summed E-state index contributed by atoms with van der Waals surface area (Å²) in [4.78, 5) is 24.1. The molecule has 2 aromatic rings. The molecule has 23 heavy (non-hydrogen) atoms. The van der Waals surface area contributed by atoms with Crippen LogP contribution in [0.25, 0.3) is 0 Å². The highest BCUT2D eigenvalue weighted by atomic mass is 32.2. The first kappa shape index (κ1) is 16.9. The molecule has 2 N–H and O–H groups in total. The van der Waals surface area contributed by atoms with E-state index in [4.69, 9.17) is 4.74 Å². The van der Waals surface area contributed by atoms with Gasteiger partial charge in [-0.15, -0.1) is 11.8 Å². The fourth-order valence-corrected chi connectivity index (χ4v) is 2.96. The lowest BCUT2D eigenvalue weighted by molar-refractivity contribution is -0.115. The molecule has 0 aliphatic heterocycles. The molecule has 0 fully saturated rings. The summed E-state index contributed by atoms with van der Waals surface area (Å²) < 4.78 is 5.20. The van der Waals surface area contributed by atoms with E-state index in [0.29, 0.717) is 16.3 Å². The summed E-state index contributed by atoms with van der Waals surface area (Å²) in [6.45, 7) is 1.73. The van der Waals surface area contributed by atoms with Crippen LogP contribution in [0.5, 0.6) is 5.75 Å². The zero-order valence-electron chi connectivity index (χ0n) is 12.8. The minimum atomic E-state index is -1.01. The van der Waals surface area contributed by atoms with E-state index in [2.05, 4.69) is 5.32 Å². The summed E-state index contributed by atoms with van der Waals surface area (Å²) in [5.74, 6) is -0.658. The smallest absolute Gasteiger partial charge is 0.336 e. The SMILES string of the molecule is COc1ccccc1NC(=O)[C@H](C)Sc1ccccc1C(=O)O. The number of ether oxygens (including phenoxy) is 1. The van der Waals surface area contributed by atoms with Crippen molar-refractivity contribution in [2.45, 2.75) is 17.1 Å². The third kappa shape index (κ3) is 4.26. The van der Waals surface area contributed by atoms with Crippen LogP contribution >= 0.6 is 11.8 Å². The summed E-state index contributed by atoms with van der Waals surface area (Å²) in [5, 5.41) is 11.5. The van der Waals surface area contributed by atoms with Crippen molar-refractivity contribution < 1.29 is 19.4 Å². The molecule has 0 aliphatic carbocycles. The van der Waals surface area contributed by atoms with Crippen LogP contribution in [0.1, 0.15) is 17.3 Å². The van der Waals surface area contributed by atoms with Gasteiger partial charge in [-0.1, -0.05) is 24.3 Å². The van der Waals surface area contributed by atoms with Gasteiger partial charge in [-0.3, -0.25) is 4.79 Å². The zero-order valence-corrected chi connectivity index (χ0v) is 13.6. The van der Waals surface area contributed by atoms with Gasteiger partial charge in [0.25, 0.3) is 0 Å². The van der Waals surface area contributed by atoms with Crippen LogP contribution in [0, 0.1) is 0 Å². The highest BCUT2D eigenvalue weighted by Gasteiger charge is 2.19. The number of methoxy groups -OCH3 is 1. The summed E-state index contributed by atoms with van der Waals surface area (Å²) in [5.41, 5.74) is 0.772. The minimum absolute atomic E-state index is 0.189. The Morgan fingerprint density at radius 3 is 2.48 bits per heavy atom. The van der Waals surface area contributed by atoms with Gasteiger partial charge in [0.1, 0.15) is 5.75 Å². The second-order valence-electron chi connectivity index (χ2n) is 4.75. The maximum Gasteiger partial charge on any atom is 0.336 e. The number of carbonyl (C=O) groups is 2. The molecule has 0 radical (unpaired) electrons. The number of carboxylic acids is 1. The number of amides is 1. The lowest BCUT2D eigenvalue weighted by atomic mass is 10.2. The van der Waals surface area contributed by atoms with Crippen LogP contribution in [0.15, 0.2) is 53.4 Å². The number of carbonyl (C=O) groups excluding carboxylic acids is 1. The predicted octanol–water partition coefficient (Wildman–Crippen LogP) is 3.51. The van der Waals surface area contributed by atoms with Crippen molar-refractivity contribution in [3.05, 3.63) is 54.1 Å². The summed E-state index contributed by atoms with van der Waals surface area (Å²) >= 11 is 1.21. The highest BCUT2D eigenvalue weighted by molar-refractivity contribution is 8.00. The highest BCUT2D eigenvalue weighted by Crippen LogP contribution is 2.29. The molecule has 2 rings (SSSR count). The number of thioether (sulfide) groups is 1. The van der Waals surface area contributed by atoms with Crippen molar-refractivity contribution in [1.29, 1.82) is 0 Å². The van der Waals surface area contributed by atoms with Crippen LogP contribution in [-0.4, -0.2) is 29.3 Å². The Morgan fingerprint density at radius 1 is 1.13 bits per heavy atom. The molecule has 0 heterocycles. The van der Waals surface area contributed by atoms with Gasteiger partial charge in [-0.05, 0) is 31.2 Å². The molecule has 5 nitrogen and oxygen atoms in total. The summed E-state index contributed by atoms with van der Waals surface area (Å²) in [6.07, 6.45) is 0. The maximum atomic E-state index is 12.3. The van der Waals surface area contributed by atoms with E-state index in [1.165, 1.54) is 24.9 Å². The Labute approximate surface area is 138 Å². The summed E-state index contributed by atoms with van der Waals surface area (Å²) in [6, 6.07) is 13.8. The van der Waals surface area contributed by atoms with E-state index in [-0.39, 0.29) is 11.5 Å². The van der Waals surface area contributed by atoms with Crippen molar-refractivity contribution in [1.82, 2.24) is 0 Å². The second kappa shape index (κ2) is 7.69. The molecule has 120 valence electrons. The molecular weight excluding hydrogens is 314 g/mol.